The van der Waals surface area contributed by atoms with Gasteiger partial charge in [-0.2, -0.15) is 0 Å². The maximum Gasteiger partial charge on any atom is 0.261 e. The fourth-order valence-electron chi connectivity index (χ4n) is 5.60. The summed E-state index contributed by atoms with van der Waals surface area (Å²) in [5, 5.41) is 12.2. The highest BCUT2D eigenvalue weighted by molar-refractivity contribution is 6.99. The molecule has 0 aromatic heterocycles. The Balaban J connectivity index is 1.65. The second-order valence-electron chi connectivity index (χ2n) is 11.2. The summed E-state index contributed by atoms with van der Waals surface area (Å²) >= 11 is 0. The van der Waals surface area contributed by atoms with E-state index in [2.05, 4.69) is 100 Å². The molecular formula is C32H42O4Si. The summed E-state index contributed by atoms with van der Waals surface area (Å²) in [6, 6.07) is 31.8. The monoisotopic (exact) mass is 518 g/mol. The van der Waals surface area contributed by atoms with Gasteiger partial charge in [-0.15, -0.1) is 0 Å². The first-order valence-electron chi connectivity index (χ1n) is 13.5. The molecule has 198 valence electrons. The normalized spacial score (nSPS) is 22.6. The van der Waals surface area contributed by atoms with Gasteiger partial charge in [0.1, 0.15) is 0 Å². The number of aliphatic hydroxyl groups excluding tert-OH is 1. The van der Waals surface area contributed by atoms with Crippen LogP contribution in [-0.2, 0) is 20.5 Å². The molecule has 3 aromatic carbocycles. The van der Waals surface area contributed by atoms with Crippen molar-refractivity contribution >= 4 is 18.7 Å². The van der Waals surface area contributed by atoms with Gasteiger partial charge in [0.25, 0.3) is 8.32 Å². The molecule has 0 amide bonds. The molecule has 0 spiro atoms. The molecule has 4 rings (SSSR count). The Morgan fingerprint density at radius 3 is 1.92 bits per heavy atom. The van der Waals surface area contributed by atoms with Crippen LogP contribution >= 0.6 is 0 Å². The zero-order valence-electron chi connectivity index (χ0n) is 22.7. The van der Waals surface area contributed by atoms with Crippen molar-refractivity contribution in [2.24, 2.45) is 5.92 Å². The first kappa shape index (κ1) is 27.7. The molecule has 0 unspecified atom stereocenters. The van der Waals surface area contributed by atoms with Crippen molar-refractivity contribution in [3.05, 3.63) is 96.6 Å². The number of rotatable bonds is 10. The van der Waals surface area contributed by atoms with Crippen molar-refractivity contribution in [1.29, 1.82) is 0 Å². The minimum Gasteiger partial charge on any atom is -0.404 e. The Hall–Kier alpha value is -2.28. The number of aliphatic hydroxyl groups is 1. The Labute approximate surface area is 223 Å². The van der Waals surface area contributed by atoms with Crippen molar-refractivity contribution in [1.82, 2.24) is 0 Å². The molecule has 1 saturated heterocycles. The molecule has 4 atom stereocenters. The van der Waals surface area contributed by atoms with Crippen LogP contribution in [0, 0.1) is 5.92 Å². The molecular weight excluding hydrogens is 476 g/mol. The first-order valence-corrected chi connectivity index (χ1v) is 15.4. The van der Waals surface area contributed by atoms with Crippen molar-refractivity contribution in [2.45, 2.75) is 70.5 Å². The summed E-state index contributed by atoms with van der Waals surface area (Å²) < 4.78 is 20.1. The van der Waals surface area contributed by atoms with E-state index in [9.17, 15) is 5.11 Å². The van der Waals surface area contributed by atoms with Gasteiger partial charge in [0.15, 0.2) is 0 Å². The van der Waals surface area contributed by atoms with E-state index in [0.29, 0.717) is 19.6 Å². The first-order chi connectivity index (χ1) is 17.8. The van der Waals surface area contributed by atoms with Crippen LogP contribution in [0.2, 0.25) is 5.04 Å². The van der Waals surface area contributed by atoms with E-state index in [1.165, 1.54) is 10.4 Å². The van der Waals surface area contributed by atoms with Crippen LogP contribution in [0.15, 0.2) is 91.0 Å². The zero-order valence-corrected chi connectivity index (χ0v) is 23.7. The Bertz CT molecular complexity index is 1030. The minimum atomic E-state index is -2.70. The lowest BCUT2D eigenvalue weighted by Gasteiger charge is -2.49. The molecule has 1 fully saturated rings. The average molecular weight is 519 g/mol. The summed E-state index contributed by atoms with van der Waals surface area (Å²) in [7, 11) is -2.70. The average Bonchev–Trinajstić information content (AvgIpc) is 2.90. The molecule has 1 aliphatic heterocycles. The fourth-order valence-corrected chi connectivity index (χ4v) is 10.4. The second kappa shape index (κ2) is 12.5. The predicted octanol–water partition coefficient (Wildman–Crippen LogP) is 5.32. The molecule has 0 bridgehead atoms. The molecule has 0 saturated carbocycles. The molecule has 37 heavy (non-hydrogen) atoms. The number of benzene rings is 3. The topological polar surface area (TPSA) is 47.9 Å². The number of hydrogen-bond acceptors (Lipinski definition) is 4. The lowest BCUT2D eigenvalue weighted by molar-refractivity contribution is -0.153. The highest BCUT2D eigenvalue weighted by Crippen LogP contribution is 2.41. The highest BCUT2D eigenvalue weighted by atomic mass is 28.4. The summed E-state index contributed by atoms with van der Waals surface area (Å²) in [4.78, 5) is 0. The van der Waals surface area contributed by atoms with Crippen molar-refractivity contribution in [2.75, 3.05) is 13.2 Å². The maximum atomic E-state index is 9.76. The SMILES string of the molecule is C[C@H]1[C@H](COCc2ccccc2)O[C@H](CCO)C[C@@H]1O[Si](c1ccccc1)(c1ccccc1)C(C)(C)C. The van der Waals surface area contributed by atoms with E-state index in [4.69, 9.17) is 13.9 Å². The Kier molecular flexibility index (Phi) is 9.38. The van der Waals surface area contributed by atoms with Crippen molar-refractivity contribution in [3.8, 4) is 0 Å². The Morgan fingerprint density at radius 2 is 1.41 bits per heavy atom. The van der Waals surface area contributed by atoms with E-state index in [-0.39, 0.29) is 35.9 Å². The van der Waals surface area contributed by atoms with Gasteiger partial charge < -0.3 is 19.0 Å². The highest BCUT2D eigenvalue weighted by Gasteiger charge is 2.53. The van der Waals surface area contributed by atoms with Crippen LogP contribution < -0.4 is 10.4 Å². The lowest BCUT2D eigenvalue weighted by Crippen LogP contribution is -2.69. The number of hydrogen-bond donors (Lipinski definition) is 1. The predicted molar refractivity (Wildman–Crippen MR) is 153 cm³/mol. The standard InChI is InChI=1S/C32H42O4Si/c1-25-30(22-27(20-21-33)35-31(25)24-34-23-26-14-8-5-9-15-26)36-37(32(2,3)4,28-16-10-6-11-17-28)29-18-12-7-13-19-29/h5-19,25,27,30-31,33H,20-24H2,1-4H3/t25-,27-,30+,31+/m1/s1. The van der Waals surface area contributed by atoms with Gasteiger partial charge in [-0.05, 0) is 33.8 Å². The molecule has 0 aliphatic carbocycles. The van der Waals surface area contributed by atoms with E-state index in [0.717, 1.165) is 12.0 Å². The van der Waals surface area contributed by atoms with Crippen molar-refractivity contribution < 1.29 is 19.0 Å². The van der Waals surface area contributed by atoms with E-state index >= 15 is 0 Å². The Morgan fingerprint density at radius 1 is 0.865 bits per heavy atom. The molecule has 1 N–H and O–H groups in total. The number of ether oxygens (including phenoxy) is 2. The summed E-state index contributed by atoms with van der Waals surface area (Å²) in [6.45, 7) is 10.3. The molecule has 5 heteroatoms. The van der Waals surface area contributed by atoms with Crippen LogP contribution in [-0.4, -0.2) is 44.9 Å². The molecule has 1 heterocycles. The van der Waals surface area contributed by atoms with Crippen molar-refractivity contribution in [3.63, 3.8) is 0 Å². The summed E-state index contributed by atoms with van der Waals surface area (Å²) in [5.41, 5.74) is 1.15. The van der Waals surface area contributed by atoms with E-state index < -0.39 is 8.32 Å². The van der Waals surface area contributed by atoms with Crippen LogP contribution in [0.4, 0.5) is 0 Å². The molecule has 0 radical (unpaired) electrons. The van der Waals surface area contributed by atoms with Gasteiger partial charge in [-0.25, -0.2) is 0 Å². The maximum absolute atomic E-state index is 9.76. The van der Waals surface area contributed by atoms with Gasteiger partial charge in [0.2, 0.25) is 0 Å². The fraction of sp³-hybridized carbons (Fsp3) is 0.438. The minimum absolute atomic E-state index is 0.0121. The quantitative estimate of drug-likeness (QED) is 0.369. The van der Waals surface area contributed by atoms with Crippen LogP contribution in [0.1, 0.15) is 46.1 Å². The molecule has 4 nitrogen and oxygen atoms in total. The molecule has 1 aliphatic rings. The van der Waals surface area contributed by atoms with Crippen LogP contribution in [0.3, 0.4) is 0 Å². The zero-order chi connectivity index (χ0) is 26.3. The molecule has 3 aromatic rings. The largest absolute Gasteiger partial charge is 0.404 e. The summed E-state index contributed by atoms with van der Waals surface area (Å²) in [6.07, 6.45) is 1.19. The van der Waals surface area contributed by atoms with Gasteiger partial charge in [0, 0.05) is 12.5 Å². The van der Waals surface area contributed by atoms with Gasteiger partial charge >= 0.3 is 0 Å². The third-order valence-corrected chi connectivity index (χ3v) is 12.7. The lowest BCUT2D eigenvalue weighted by atomic mass is 9.89. The smallest absolute Gasteiger partial charge is 0.261 e. The summed E-state index contributed by atoms with van der Waals surface area (Å²) in [5.74, 6) is 0.146. The van der Waals surface area contributed by atoms with E-state index in [1.807, 2.05) is 18.2 Å². The van der Waals surface area contributed by atoms with Crippen LogP contribution in [0.25, 0.3) is 0 Å². The van der Waals surface area contributed by atoms with E-state index in [1.54, 1.807) is 0 Å². The second-order valence-corrected chi connectivity index (χ2v) is 15.5. The van der Waals surface area contributed by atoms with Gasteiger partial charge in [-0.3, -0.25) is 0 Å². The van der Waals surface area contributed by atoms with Gasteiger partial charge in [-0.1, -0.05) is 119 Å². The third-order valence-electron chi connectivity index (χ3n) is 7.63. The van der Waals surface area contributed by atoms with Crippen LogP contribution in [0.5, 0.6) is 0 Å². The van der Waals surface area contributed by atoms with Gasteiger partial charge in [0.05, 0.1) is 31.5 Å². The third kappa shape index (κ3) is 6.41.